The average molecular weight is 370 g/mol. The molecule has 6 heteroatoms. The molecule has 0 fully saturated rings. The van der Waals surface area contributed by atoms with Gasteiger partial charge < -0.3 is 15.3 Å². The molecule has 0 bridgehead atoms. The van der Waals surface area contributed by atoms with Crippen molar-refractivity contribution >= 4 is 28.6 Å². The van der Waals surface area contributed by atoms with Gasteiger partial charge in [0.05, 0.1) is 5.92 Å². The molecule has 0 aliphatic carbocycles. The number of aliphatic carboxylic acids is 1. The van der Waals surface area contributed by atoms with E-state index in [2.05, 4.69) is 5.32 Å². The number of benzene rings is 2. The number of hydrogen-bond acceptors (Lipinski definition) is 3. The van der Waals surface area contributed by atoms with Gasteiger partial charge in [0.1, 0.15) is 0 Å². The minimum Gasteiger partial charge on any atom is -0.481 e. The summed E-state index contributed by atoms with van der Waals surface area (Å²) in [6.07, 6.45) is 1.31. The lowest BCUT2D eigenvalue weighted by atomic mass is 9.97. The van der Waals surface area contributed by atoms with Crippen LogP contribution in [0, 0.1) is 5.92 Å². The molecule has 2 N–H and O–H groups in total. The zero-order valence-electron chi connectivity index (χ0n) is 15.8. The second kappa shape index (κ2) is 9.71. The van der Waals surface area contributed by atoms with Crippen LogP contribution in [0.25, 0.3) is 10.8 Å². The van der Waals surface area contributed by atoms with Gasteiger partial charge in [0, 0.05) is 33.5 Å². The van der Waals surface area contributed by atoms with E-state index in [0.29, 0.717) is 19.3 Å². The molecular formula is C21H26N2O4. The van der Waals surface area contributed by atoms with Crippen molar-refractivity contribution in [1.82, 2.24) is 10.2 Å². The van der Waals surface area contributed by atoms with Crippen molar-refractivity contribution in [3.05, 3.63) is 48.0 Å². The zero-order chi connectivity index (χ0) is 19.8. The molecule has 0 saturated heterocycles. The van der Waals surface area contributed by atoms with Gasteiger partial charge in [-0.15, -0.1) is 0 Å². The summed E-state index contributed by atoms with van der Waals surface area (Å²) in [6.45, 7) is 0.0720. The van der Waals surface area contributed by atoms with Gasteiger partial charge in [0.25, 0.3) is 0 Å². The Bertz CT molecular complexity index is 817. The van der Waals surface area contributed by atoms with E-state index in [9.17, 15) is 19.5 Å². The number of fused-ring (bicyclic) bond motifs is 1. The van der Waals surface area contributed by atoms with Crippen molar-refractivity contribution in [3.8, 4) is 0 Å². The van der Waals surface area contributed by atoms with E-state index in [1.165, 1.54) is 4.90 Å². The number of rotatable bonds is 9. The largest absolute Gasteiger partial charge is 0.481 e. The fraction of sp³-hybridized carbons (Fsp3) is 0.381. The molecule has 0 aliphatic rings. The highest BCUT2D eigenvalue weighted by Gasteiger charge is 2.19. The summed E-state index contributed by atoms with van der Waals surface area (Å²) in [4.78, 5) is 36.5. The molecule has 0 heterocycles. The minimum absolute atomic E-state index is 0.0254. The third kappa shape index (κ3) is 6.40. The van der Waals surface area contributed by atoms with Crippen LogP contribution in [0.5, 0.6) is 0 Å². The average Bonchev–Trinajstić information content (AvgIpc) is 2.64. The molecule has 144 valence electrons. The van der Waals surface area contributed by atoms with Crippen molar-refractivity contribution in [2.75, 3.05) is 20.6 Å². The predicted molar refractivity (Wildman–Crippen MR) is 104 cm³/mol. The van der Waals surface area contributed by atoms with Crippen molar-refractivity contribution in [3.63, 3.8) is 0 Å². The first-order valence-electron chi connectivity index (χ1n) is 9.04. The summed E-state index contributed by atoms with van der Waals surface area (Å²) in [5.41, 5.74) is 0.923. The van der Waals surface area contributed by atoms with Crippen LogP contribution in [0.3, 0.4) is 0 Å². The van der Waals surface area contributed by atoms with Crippen molar-refractivity contribution < 1.29 is 19.5 Å². The molecule has 6 nitrogen and oxygen atoms in total. The molecule has 2 rings (SSSR count). The minimum atomic E-state index is -0.939. The number of carboxylic acid groups (broad SMARTS) is 1. The highest BCUT2D eigenvalue weighted by Crippen LogP contribution is 2.18. The molecule has 0 spiro atoms. The van der Waals surface area contributed by atoms with Crippen LogP contribution >= 0.6 is 0 Å². The highest BCUT2D eigenvalue weighted by molar-refractivity contribution is 5.83. The standard InChI is InChI=1S/C21H26N2O4/c1-23(2)20(25)9-5-8-19(24)22-14-18(21(26)27)13-15-10-11-16-6-3-4-7-17(16)12-15/h3-4,6-7,10-12,18H,5,8-9,13-14H2,1-2H3,(H,22,24)(H,26,27). The molecule has 1 atom stereocenters. The Kier molecular flexibility index (Phi) is 7.34. The summed E-state index contributed by atoms with van der Waals surface area (Å²) in [5, 5.41) is 14.3. The Balaban J connectivity index is 1.86. The summed E-state index contributed by atoms with van der Waals surface area (Å²) in [5.74, 6) is -1.89. The summed E-state index contributed by atoms with van der Waals surface area (Å²) in [6, 6.07) is 13.8. The second-order valence-electron chi connectivity index (χ2n) is 6.87. The Morgan fingerprint density at radius 2 is 1.74 bits per heavy atom. The maximum absolute atomic E-state index is 11.9. The van der Waals surface area contributed by atoms with E-state index < -0.39 is 11.9 Å². The molecule has 0 aliphatic heterocycles. The van der Waals surface area contributed by atoms with Gasteiger partial charge >= 0.3 is 5.97 Å². The number of amides is 2. The van der Waals surface area contributed by atoms with Gasteiger partial charge in [-0.3, -0.25) is 14.4 Å². The van der Waals surface area contributed by atoms with E-state index >= 15 is 0 Å². The quantitative estimate of drug-likeness (QED) is 0.710. The number of carbonyl (C=O) groups excluding carboxylic acids is 2. The maximum atomic E-state index is 11.9. The molecule has 0 aromatic heterocycles. The van der Waals surface area contributed by atoms with Gasteiger partial charge in [-0.25, -0.2) is 0 Å². The molecule has 2 aromatic carbocycles. The monoisotopic (exact) mass is 370 g/mol. The molecule has 0 radical (unpaired) electrons. The van der Waals surface area contributed by atoms with Crippen LogP contribution < -0.4 is 5.32 Å². The molecule has 2 amide bonds. The van der Waals surface area contributed by atoms with E-state index in [1.807, 2.05) is 42.5 Å². The topological polar surface area (TPSA) is 86.7 Å². The lowest BCUT2D eigenvalue weighted by Gasteiger charge is -2.14. The Morgan fingerprint density at radius 1 is 1.04 bits per heavy atom. The summed E-state index contributed by atoms with van der Waals surface area (Å²) < 4.78 is 0. The highest BCUT2D eigenvalue weighted by atomic mass is 16.4. The third-order valence-corrected chi connectivity index (χ3v) is 4.48. The van der Waals surface area contributed by atoms with Gasteiger partial charge in [-0.05, 0) is 29.2 Å². The normalized spacial score (nSPS) is 11.8. The van der Waals surface area contributed by atoms with Crippen LogP contribution in [-0.2, 0) is 20.8 Å². The lowest BCUT2D eigenvalue weighted by Crippen LogP contribution is -2.34. The number of nitrogens with one attached hydrogen (secondary N) is 1. The van der Waals surface area contributed by atoms with Crippen LogP contribution in [0.1, 0.15) is 24.8 Å². The van der Waals surface area contributed by atoms with Crippen LogP contribution in [0.2, 0.25) is 0 Å². The predicted octanol–water partition coefficient (Wildman–Crippen LogP) is 2.46. The van der Waals surface area contributed by atoms with Gasteiger partial charge in [0.2, 0.25) is 11.8 Å². The first kappa shape index (κ1) is 20.4. The Morgan fingerprint density at radius 3 is 2.41 bits per heavy atom. The van der Waals surface area contributed by atoms with Crippen LogP contribution in [0.4, 0.5) is 0 Å². The van der Waals surface area contributed by atoms with Crippen molar-refractivity contribution in [1.29, 1.82) is 0 Å². The first-order chi connectivity index (χ1) is 12.9. The molecule has 27 heavy (non-hydrogen) atoms. The third-order valence-electron chi connectivity index (χ3n) is 4.48. The van der Waals surface area contributed by atoms with E-state index in [-0.39, 0.29) is 24.8 Å². The van der Waals surface area contributed by atoms with Gasteiger partial charge in [-0.1, -0.05) is 42.5 Å². The zero-order valence-corrected chi connectivity index (χ0v) is 15.8. The van der Waals surface area contributed by atoms with Crippen LogP contribution in [-0.4, -0.2) is 48.4 Å². The van der Waals surface area contributed by atoms with Gasteiger partial charge in [0.15, 0.2) is 0 Å². The maximum Gasteiger partial charge on any atom is 0.308 e. The summed E-state index contributed by atoms with van der Waals surface area (Å²) >= 11 is 0. The fourth-order valence-corrected chi connectivity index (χ4v) is 2.85. The van der Waals surface area contributed by atoms with E-state index in [1.54, 1.807) is 14.1 Å². The fourth-order valence-electron chi connectivity index (χ4n) is 2.85. The van der Waals surface area contributed by atoms with Gasteiger partial charge in [-0.2, -0.15) is 0 Å². The van der Waals surface area contributed by atoms with Crippen molar-refractivity contribution in [2.24, 2.45) is 5.92 Å². The molecule has 1 unspecified atom stereocenters. The van der Waals surface area contributed by atoms with E-state index in [4.69, 9.17) is 0 Å². The SMILES string of the molecule is CN(C)C(=O)CCCC(=O)NCC(Cc1ccc2ccccc2c1)C(=O)O. The van der Waals surface area contributed by atoms with E-state index in [0.717, 1.165) is 16.3 Å². The lowest BCUT2D eigenvalue weighted by molar-refractivity contribution is -0.141. The molecule has 0 saturated carbocycles. The Labute approximate surface area is 159 Å². The molecule has 2 aromatic rings. The number of nitrogens with zero attached hydrogens (tertiary/aromatic N) is 1. The number of hydrogen-bond donors (Lipinski definition) is 2. The Hall–Kier alpha value is -2.89. The van der Waals surface area contributed by atoms with Crippen molar-refractivity contribution in [2.45, 2.75) is 25.7 Å². The first-order valence-corrected chi connectivity index (χ1v) is 9.04. The smallest absolute Gasteiger partial charge is 0.308 e. The number of carbonyl (C=O) groups is 3. The number of carboxylic acids is 1. The van der Waals surface area contributed by atoms with Crippen LogP contribution in [0.15, 0.2) is 42.5 Å². The molecular weight excluding hydrogens is 344 g/mol. The second-order valence-corrected chi connectivity index (χ2v) is 6.87. The summed E-state index contributed by atoms with van der Waals surface area (Å²) in [7, 11) is 3.35.